The number of amides is 1. The van der Waals surface area contributed by atoms with Gasteiger partial charge in [-0.2, -0.15) is 0 Å². The van der Waals surface area contributed by atoms with Crippen molar-refractivity contribution in [2.75, 3.05) is 37.7 Å². The van der Waals surface area contributed by atoms with Gasteiger partial charge in [0.05, 0.1) is 0 Å². The fourth-order valence-electron chi connectivity index (χ4n) is 2.73. The number of aliphatic hydroxyl groups excluding tert-OH is 1. The summed E-state index contributed by atoms with van der Waals surface area (Å²) in [5.41, 5.74) is 1.12. The van der Waals surface area contributed by atoms with Crippen LogP contribution in [0.4, 0.5) is 5.69 Å². The molecule has 0 spiro atoms. The van der Waals surface area contributed by atoms with Crippen LogP contribution in [0.3, 0.4) is 0 Å². The van der Waals surface area contributed by atoms with Crippen LogP contribution in [0.5, 0.6) is 5.75 Å². The lowest BCUT2D eigenvalue weighted by molar-refractivity contribution is -0.134. The zero-order chi connectivity index (χ0) is 14.8. The maximum absolute atomic E-state index is 11.5. The highest BCUT2D eigenvalue weighted by Crippen LogP contribution is 2.25. The molecular formula is C16H18N2O3. The second-order valence-corrected chi connectivity index (χ2v) is 5.24. The summed E-state index contributed by atoms with van der Waals surface area (Å²) in [6.07, 6.45) is 0. The van der Waals surface area contributed by atoms with E-state index in [1.807, 2.05) is 18.2 Å². The summed E-state index contributed by atoms with van der Waals surface area (Å²) in [5.74, 6) is 0.0648. The van der Waals surface area contributed by atoms with Gasteiger partial charge in [-0.1, -0.05) is 12.1 Å². The molecule has 5 nitrogen and oxygen atoms in total. The van der Waals surface area contributed by atoms with E-state index in [4.69, 9.17) is 5.11 Å². The molecule has 0 aromatic heterocycles. The number of rotatable bonds is 2. The van der Waals surface area contributed by atoms with Crippen LogP contribution in [-0.2, 0) is 4.79 Å². The minimum atomic E-state index is -0.417. The molecule has 1 aliphatic heterocycles. The van der Waals surface area contributed by atoms with Crippen LogP contribution in [0.25, 0.3) is 10.8 Å². The van der Waals surface area contributed by atoms with Crippen molar-refractivity contribution in [2.24, 2.45) is 0 Å². The third-order valence-corrected chi connectivity index (χ3v) is 3.94. The predicted molar refractivity (Wildman–Crippen MR) is 81.5 cm³/mol. The number of carbonyl (C=O) groups is 1. The topological polar surface area (TPSA) is 64.0 Å². The van der Waals surface area contributed by atoms with E-state index < -0.39 is 6.61 Å². The molecule has 0 saturated carbocycles. The lowest BCUT2D eigenvalue weighted by atomic mass is 10.1. The van der Waals surface area contributed by atoms with E-state index in [0.717, 1.165) is 29.5 Å². The maximum atomic E-state index is 11.5. The van der Waals surface area contributed by atoms with Gasteiger partial charge in [0.25, 0.3) is 0 Å². The van der Waals surface area contributed by atoms with Gasteiger partial charge in [0.2, 0.25) is 5.91 Å². The molecule has 0 radical (unpaired) electrons. The number of anilines is 1. The van der Waals surface area contributed by atoms with E-state index in [1.54, 1.807) is 17.0 Å². The Morgan fingerprint density at radius 1 is 1.00 bits per heavy atom. The monoisotopic (exact) mass is 286 g/mol. The quantitative estimate of drug-likeness (QED) is 0.870. The summed E-state index contributed by atoms with van der Waals surface area (Å²) in [7, 11) is 0. The summed E-state index contributed by atoms with van der Waals surface area (Å²) >= 11 is 0. The second-order valence-electron chi connectivity index (χ2n) is 5.24. The Morgan fingerprint density at radius 2 is 1.67 bits per heavy atom. The average molecular weight is 286 g/mol. The normalized spacial score (nSPS) is 15.5. The van der Waals surface area contributed by atoms with Crippen molar-refractivity contribution >= 4 is 22.4 Å². The second kappa shape index (κ2) is 5.61. The summed E-state index contributed by atoms with van der Waals surface area (Å²) < 4.78 is 0. The first-order valence-corrected chi connectivity index (χ1v) is 7.04. The van der Waals surface area contributed by atoms with E-state index in [-0.39, 0.29) is 11.7 Å². The Hall–Kier alpha value is -2.27. The smallest absolute Gasteiger partial charge is 0.248 e. The predicted octanol–water partition coefficient (Wildman–Crippen LogP) is 1.19. The molecule has 1 amide bonds. The largest absolute Gasteiger partial charge is 0.508 e. The van der Waals surface area contributed by atoms with Crippen molar-refractivity contribution in [3.05, 3.63) is 36.4 Å². The van der Waals surface area contributed by atoms with Crippen LogP contribution in [0, 0.1) is 0 Å². The number of phenols is 1. The number of aliphatic hydroxyl groups is 1. The summed E-state index contributed by atoms with van der Waals surface area (Å²) in [6.45, 7) is 2.37. The lowest BCUT2D eigenvalue weighted by Gasteiger charge is -2.36. The van der Waals surface area contributed by atoms with Gasteiger partial charge in [-0.25, -0.2) is 0 Å². The number of hydrogen-bond donors (Lipinski definition) is 2. The molecule has 0 bridgehead atoms. The number of benzene rings is 2. The Kier molecular flexibility index (Phi) is 3.66. The Morgan fingerprint density at radius 3 is 2.38 bits per heavy atom. The SMILES string of the molecule is O=C(CO)N1CCN(c2ccc3cc(O)ccc3c2)CC1. The molecule has 1 heterocycles. The molecule has 5 heteroatoms. The number of piperazine rings is 1. The van der Waals surface area contributed by atoms with Crippen LogP contribution >= 0.6 is 0 Å². The van der Waals surface area contributed by atoms with Gasteiger partial charge >= 0.3 is 0 Å². The first kappa shape index (κ1) is 13.7. The Bertz CT molecular complexity index is 664. The van der Waals surface area contributed by atoms with Crippen LogP contribution in [0.2, 0.25) is 0 Å². The van der Waals surface area contributed by atoms with Crippen molar-refractivity contribution in [3.63, 3.8) is 0 Å². The molecule has 21 heavy (non-hydrogen) atoms. The van der Waals surface area contributed by atoms with Crippen LogP contribution in [-0.4, -0.2) is 53.8 Å². The fourth-order valence-corrected chi connectivity index (χ4v) is 2.73. The van der Waals surface area contributed by atoms with Gasteiger partial charge in [0, 0.05) is 31.9 Å². The lowest BCUT2D eigenvalue weighted by Crippen LogP contribution is -2.49. The van der Waals surface area contributed by atoms with Gasteiger partial charge in [-0.05, 0) is 35.0 Å². The van der Waals surface area contributed by atoms with Gasteiger partial charge in [-0.3, -0.25) is 4.79 Å². The van der Waals surface area contributed by atoms with Gasteiger partial charge in [0.15, 0.2) is 0 Å². The molecule has 110 valence electrons. The molecule has 0 aliphatic carbocycles. The highest BCUT2D eigenvalue weighted by Gasteiger charge is 2.20. The molecule has 1 saturated heterocycles. The van der Waals surface area contributed by atoms with Crippen molar-refractivity contribution in [1.82, 2.24) is 4.90 Å². The highest BCUT2D eigenvalue weighted by molar-refractivity contribution is 5.87. The molecule has 2 N–H and O–H groups in total. The van der Waals surface area contributed by atoms with E-state index in [9.17, 15) is 9.90 Å². The standard InChI is InChI=1S/C16H18N2O3/c19-11-16(21)18-7-5-17(6-8-18)14-3-1-13-10-15(20)4-2-12(13)9-14/h1-4,9-10,19-20H,5-8,11H2. The highest BCUT2D eigenvalue weighted by atomic mass is 16.3. The molecule has 1 fully saturated rings. The molecule has 2 aromatic rings. The number of nitrogens with zero attached hydrogens (tertiary/aromatic N) is 2. The van der Waals surface area contributed by atoms with Crippen molar-refractivity contribution < 1.29 is 15.0 Å². The Balaban J connectivity index is 1.76. The zero-order valence-electron chi connectivity index (χ0n) is 11.7. The van der Waals surface area contributed by atoms with Crippen molar-refractivity contribution in [1.29, 1.82) is 0 Å². The third-order valence-electron chi connectivity index (χ3n) is 3.94. The van der Waals surface area contributed by atoms with E-state index in [2.05, 4.69) is 11.0 Å². The maximum Gasteiger partial charge on any atom is 0.248 e. The molecule has 2 aromatic carbocycles. The number of aromatic hydroxyl groups is 1. The number of hydrogen-bond acceptors (Lipinski definition) is 4. The average Bonchev–Trinajstić information content (AvgIpc) is 2.53. The molecule has 3 rings (SSSR count). The van der Waals surface area contributed by atoms with E-state index >= 15 is 0 Å². The van der Waals surface area contributed by atoms with Crippen LogP contribution in [0.1, 0.15) is 0 Å². The van der Waals surface area contributed by atoms with Crippen molar-refractivity contribution in [3.8, 4) is 5.75 Å². The zero-order valence-corrected chi connectivity index (χ0v) is 11.7. The molecule has 0 atom stereocenters. The number of carbonyl (C=O) groups excluding carboxylic acids is 1. The fraction of sp³-hybridized carbons (Fsp3) is 0.312. The molecular weight excluding hydrogens is 268 g/mol. The summed E-state index contributed by atoms with van der Waals surface area (Å²) in [4.78, 5) is 15.4. The van der Waals surface area contributed by atoms with Gasteiger partial charge in [-0.15, -0.1) is 0 Å². The number of fused-ring (bicyclic) bond motifs is 1. The van der Waals surface area contributed by atoms with E-state index in [0.29, 0.717) is 13.1 Å². The Labute approximate surface area is 123 Å². The number of phenolic OH excluding ortho intramolecular Hbond substituents is 1. The first-order chi connectivity index (χ1) is 10.2. The minimum Gasteiger partial charge on any atom is -0.508 e. The third kappa shape index (κ3) is 2.78. The molecule has 1 aliphatic rings. The van der Waals surface area contributed by atoms with Gasteiger partial charge in [0.1, 0.15) is 12.4 Å². The first-order valence-electron chi connectivity index (χ1n) is 7.04. The van der Waals surface area contributed by atoms with Gasteiger partial charge < -0.3 is 20.0 Å². The summed E-state index contributed by atoms with van der Waals surface area (Å²) in [6, 6.07) is 11.5. The summed E-state index contributed by atoms with van der Waals surface area (Å²) in [5, 5.41) is 20.5. The molecule has 0 unspecified atom stereocenters. The minimum absolute atomic E-state index is 0.205. The van der Waals surface area contributed by atoms with E-state index in [1.165, 1.54) is 0 Å². The van der Waals surface area contributed by atoms with Crippen LogP contribution in [0.15, 0.2) is 36.4 Å². The van der Waals surface area contributed by atoms with Crippen molar-refractivity contribution in [2.45, 2.75) is 0 Å². The van der Waals surface area contributed by atoms with Crippen LogP contribution < -0.4 is 4.90 Å².